The number of anilines is 1. The van der Waals surface area contributed by atoms with Crippen LogP contribution in [0.5, 0.6) is 5.75 Å². The predicted octanol–water partition coefficient (Wildman–Crippen LogP) is 1.62. The Kier molecular flexibility index (Phi) is 6.22. The highest BCUT2D eigenvalue weighted by molar-refractivity contribution is 6.04. The van der Waals surface area contributed by atoms with Crippen LogP contribution in [0.1, 0.15) is 15.9 Å². The minimum absolute atomic E-state index is 0.155. The molecule has 2 aromatic rings. The Morgan fingerprint density at radius 3 is 2.73 bits per heavy atom. The third-order valence-electron chi connectivity index (χ3n) is 4.58. The molecule has 0 aromatic heterocycles. The highest BCUT2D eigenvalue weighted by Crippen LogP contribution is 2.15. The molecule has 0 saturated carbocycles. The number of β-amino-alcohol motifs (C(OH)–C–C–N with tert-alkyl or cyclic N) is 1. The van der Waals surface area contributed by atoms with Crippen molar-refractivity contribution in [3.63, 3.8) is 0 Å². The van der Waals surface area contributed by atoms with Gasteiger partial charge in [-0.25, -0.2) is 0 Å². The third-order valence-corrected chi connectivity index (χ3v) is 4.58. The van der Waals surface area contributed by atoms with E-state index in [9.17, 15) is 9.90 Å². The SMILES string of the molecule is COc1ccc(C(=O)Nc2cccc(CNCC3CNCC3O)c2)cc1. The zero-order valence-electron chi connectivity index (χ0n) is 14.9. The quantitative estimate of drug-likeness (QED) is 0.607. The molecule has 1 amide bonds. The lowest BCUT2D eigenvalue weighted by atomic mass is 10.1. The summed E-state index contributed by atoms with van der Waals surface area (Å²) in [4.78, 5) is 12.3. The molecule has 1 fully saturated rings. The number of hydrogen-bond donors (Lipinski definition) is 4. The summed E-state index contributed by atoms with van der Waals surface area (Å²) < 4.78 is 5.11. The van der Waals surface area contributed by atoms with E-state index in [0.717, 1.165) is 30.1 Å². The Morgan fingerprint density at radius 1 is 1.23 bits per heavy atom. The summed E-state index contributed by atoms with van der Waals surface area (Å²) in [6.45, 7) is 2.96. The summed E-state index contributed by atoms with van der Waals surface area (Å²) in [5.41, 5.74) is 2.42. The number of carbonyl (C=O) groups excluding carboxylic acids is 1. The van der Waals surface area contributed by atoms with Crippen LogP contribution in [0, 0.1) is 5.92 Å². The van der Waals surface area contributed by atoms with Crippen LogP contribution in [-0.4, -0.2) is 43.9 Å². The number of ether oxygens (including phenoxy) is 1. The van der Waals surface area contributed by atoms with Crippen LogP contribution in [0.4, 0.5) is 5.69 Å². The first-order chi connectivity index (χ1) is 12.7. The van der Waals surface area contributed by atoms with E-state index >= 15 is 0 Å². The van der Waals surface area contributed by atoms with Gasteiger partial charge in [0.15, 0.2) is 0 Å². The van der Waals surface area contributed by atoms with Crippen molar-refractivity contribution in [2.75, 3.05) is 32.1 Å². The van der Waals surface area contributed by atoms with Crippen LogP contribution in [0.25, 0.3) is 0 Å². The standard InChI is InChI=1S/C20H25N3O3/c1-26-18-7-5-15(6-8-18)20(25)23-17-4-2-3-14(9-17)10-21-11-16-12-22-13-19(16)24/h2-9,16,19,21-22,24H,10-13H2,1H3,(H,23,25). The summed E-state index contributed by atoms with van der Waals surface area (Å²) in [6, 6.07) is 14.8. The van der Waals surface area contributed by atoms with Crippen LogP contribution in [0.2, 0.25) is 0 Å². The zero-order valence-corrected chi connectivity index (χ0v) is 14.9. The first-order valence-corrected chi connectivity index (χ1v) is 8.79. The molecule has 3 rings (SSSR count). The smallest absolute Gasteiger partial charge is 0.255 e. The zero-order chi connectivity index (χ0) is 18.4. The number of methoxy groups -OCH3 is 1. The van der Waals surface area contributed by atoms with Crippen molar-refractivity contribution in [2.24, 2.45) is 5.92 Å². The molecule has 1 saturated heterocycles. The minimum Gasteiger partial charge on any atom is -0.497 e. The summed E-state index contributed by atoms with van der Waals surface area (Å²) in [5, 5.41) is 19.3. The fourth-order valence-corrected chi connectivity index (χ4v) is 3.03. The third kappa shape index (κ3) is 4.82. The van der Waals surface area contributed by atoms with Gasteiger partial charge >= 0.3 is 0 Å². The van der Waals surface area contributed by atoms with Gasteiger partial charge in [0.05, 0.1) is 13.2 Å². The van der Waals surface area contributed by atoms with Crippen LogP contribution >= 0.6 is 0 Å². The van der Waals surface area contributed by atoms with Gasteiger partial charge in [0.1, 0.15) is 5.75 Å². The molecule has 6 heteroatoms. The molecular weight excluding hydrogens is 330 g/mol. The normalized spacial score (nSPS) is 19.3. The Labute approximate surface area is 153 Å². The van der Waals surface area contributed by atoms with Gasteiger partial charge in [-0.15, -0.1) is 0 Å². The van der Waals surface area contributed by atoms with Crippen LogP contribution in [0.15, 0.2) is 48.5 Å². The fraction of sp³-hybridized carbons (Fsp3) is 0.350. The lowest BCUT2D eigenvalue weighted by molar-refractivity contribution is 0.102. The molecule has 0 bridgehead atoms. The number of hydrogen-bond acceptors (Lipinski definition) is 5. The van der Waals surface area contributed by atoms with Crippen molar-refractivity contribution in [1.29, 1.82) is 0 Å². The van der Waals surface area contributed by atoms with Gasteiger partial charge in [0.2, 0.25) is 0 Å². The molecule has 1 aliphatic rings. The molecule has 1 aliphatic heterocycles. The van der Waals surface area contributed by atoms with Crippen molar-refractivity contribution in [3.8, 4) is 5.75 Å². The first-order valence-electron chi connectivity index (χ1n) is 8.79. The summed E-state index contributed by atoms with van der Waals surface area (Å²) in [6.07, 6.45) is -0.280. The Morgan fingerprint density at radius 2 is 2.04 bits per heavy atom. The molecule has 2 atom stereocenters. The topological polar surface area (TPSA) is 82.6 Å². The summed E-state index contributed by atoms with van der Waals surface area (Å²) in [7, 11) is 1.60. The van der Waals surface area contributed by atoms with Crippen molar-refractivity contribution in [2.45, 2.75) is 12.6 Å². The summed E-state index contributed by atoms with van der Waals surface area (Å²) >= 11 is 0. The molecule has 0 radical (unpaired) electrons. The van der Waals surface area contributed by atoms with Gasteiger partial charge in [-0.1, -0.05) is 12.1 Å². The second kappa shape index (κ2) is 8.80. The van der Waals surface area contributed by atoms with E-state index in [-0.39, 0.29) is 17.9 Å². The number of nitrogens with one attached hydrogen (secondary N) is 3. The van der Waals surface area contributed by atoms with E-state index in [4.69, 9.17) is 4.74 Å². The van der Waals surface area contributed by atoms with Gasteiger partial charge in [-0.3, -0.25) is 4.79 Å². The second-order valence-corrected chi connectivity index (χ2v) is 6.50. The van der Waals surface area contributed by atoms with Crippen molar-refractivity contribution in [3.05, 3.63) is 59.7 Å². The van der Waals surface area contributed by atoms with Crippen LogP contribution in [0.3, 0.4) is 0 Å². The fourth-order valence-electron chi connectivity index (χ4n) is 3.03. The average molecular weight is 355 g/mol. The number of aliphatic hydroxyl groups is 1. The van der Waals surface area contributed by atoms with E-state index in [1.165, 1.54) is 0 Å². The molecular formula is C20H25N3O3. The highest BCUT2D eigenvalue weighted by Gasteiger charge is 2.23. The Hall–Kier alpha value is -2.41. The monoisotopic (exact) mass is 355 g/mol. The highest BCUT2D eigenvalue weighted by atomic mass is 16.5. The number of amides is 1. The maximum absolute atomic E-state index is 12.3. The largest absolute Gasteiger partial charge is 0.497 e. The van der Waals surface area contributed by atoms with E-state index in [1.54, 1.807) is 31.4 Å². The lowest BCUT2D eigenvalue weighted by Gasteiger charge is -2.14. The summed E-state index contributed by atoms with van der Waals surface area (Å²) in [5.74, 6) is 0.808. The molecule has 0 aliphatic carbocycles. The van der Waals surface area contributed by atoms with E-state index in [0.29, 0.717) is 18.7 Å². The Balaban J connectivity index is 1.53. The van der Waals surface area contributed by atoms with Crippen LogP contribution in [-0.2, 0) is 6.54 Å². The van der Waals surface area contributed by atoms with Gasteiger partial charge < -0.3 is 25.8 Å². The molecule has 6 nitrogen and oxygen atoms in total. The minimum atomic E-state index is -0.280. The molecule has 2 unspecified atom stereocenters. The van der Waals surface area contributed by atoms with Gasteiger partial charge in [0, 0.05) is 43.3 Å². The maximum atomic E-state index is 12.3. The van der Waals surface area contributed by atoms with Crippen molar-refractivity contribution in [1.82, 2.24) is 10.6 Å². The second-order valence-electron chi connectivity index (χ2n) is 6.50. The van der Waals surface area contributed by atoms with Crippen LogP contribution < -0.4 is 20.7 Å². The first kappa shape index (κ1) is 18.4. The molecule has 1 heterocycles. The van der Waals surface area contributed by atoms with Gasteiger partial charge in [0.25, 0.3) is 5.91 Å². The number of rotatable bonds is 7. The molecule has 26 heavy (non-hydrogen) atoms. The van der Waals surface area contributed by atoms with Gasteiger partial charge in [-0.05, 0) is 42.0 Å². The van der Waals surface area contributed by atoms with E-state index < -0.39 is 0 Å². The molecule has 4 N–H and O–H groups in total. The van der Waals surface area contributed by atoms with Gasteiger partial charge in [-0.2, -0.15) is 0 Å². The molecule has 2 aromatic carbocycles. The molecule has 0 spiro atoms. The predicted molar refractivity (Wildman–Crippen MR) is 101 cm³/mol. The maximum Gasteiger partial charge on any atom is 0.255 e. The van der Waals surface area contributed by atoms with Crippen molar-refractivity contribution >= 4 is 11.6 Å². The number of aliphatic hydroxyl groups excluding tert-OH is 1. The Bertz CT molecular complexity index is 733. The average Bonchev–Trinajstić information content (AvgIpc) is 3.07. The lowest BCUT2D eigenvalue weighted by Crippen LogP contribution is -2.30. The van der Waals surface area contributed by atoms with E-state index in [1.807, 2.05) is 24.3 Å². The van der Waals surface area contributed by atoms with E-state index in [2.05, 4.69) is 16.0 Å². The van der Waals surface area contributed by atoms with Crippen molar-refractivity contribution < 1.29 is 14.6 Å². The number of carbonyl (C=O) groups is 1. The molecule has 138 valence electrons. The number of benzene rings is 2.